The zero-order valence-corrected chi connectivity index (χ0v) is 39.5. The lowest BCUT2D eigenvalue weighted by atomic mass is 10.1. The van der Waals surface area contributed by atoms with Crippen molar-refractivity contribution in [2.45, 2.75) is 76.9 Å². The minimum absolute atomic E-state index is 0.0768. The molecule has 0 heterocycles. The van der Waals surface area contributed by atoms with E-state index >= 15 is 0 Å². The summed E-state index contributed by atoms with van der Waals surface area (Å²) in [6, 6.07) is 15.6. The molecule has 0 aromatic heterocycles. The van der Waals surface area contributed by atoms with Crippen LogP contribution in [0, 0.1) is 0 Å². The number of benzene rings is 2. The average Bonchev–Trinajstić information content (AvgIpc) is 3.20. The quantitative estimate of drug-likeness (QED) is 0.0438. The highest BCUT2D eigenvalue weighted by Crippen LogP contribution is 2.75. The first-order valence-electron chi connectivity index (χ1n) is 17.6. The molecule has 308 valence electrons. The molecule has 0 bridgehead atoms. The molecule has 21 heteroatoms. The Labute approximate surface area is 333 Å². The van der Waals surface area contributed by atoms with E-state index < -0.39 is 47.9 Å². The Bertz CT molecular complexity index is 1520. The number of nitrogens with zero attached hydrogens (tertiary/aromatic N) is 3. The van der Waals surface area contributed by atoms with Gasteiger partial charge in [-0.3, -0.25) is 18.8 Å². The van der Waals surface area contributed by atoms with Gasteiger partial charge < -0.3 is 44.1 Å². The summed E-state index contributed by atoms with van der Waals surface area (Å²) in [5.74, 6) is 1.43. The number of ether oxygens (including phenoxy) is 2. The fourth-order valence-corrected chi connectivity index (χ4v) is 16.3. The smallest absolute Gasteiger partial charge is 0.344 e. The van der Waals surface area contributed by atoms with E-state index in [4.69, 9.17) is 61.0 Å². The summed E-state index contributed by atoms with van der Waals surface area (Å²) in [5, 5.41) is 3.56. The summed E-state index contributed by atoms with van der Waals surface area (Å²) in [6.07, 6.45) is 6.53. The van der Waals surface area contributed by atoms with E-state index in [0.29, 0.717) is 25.1 Å². The van der Waals surface area contributed by atoms with Crippen molar-refractivity contribution in [1.29, 1.82) is 0 Å². The lowest BCUT2D eigenvalue weighted by Gasteiger charge is -2.40. The molecular weight excluding hydrogens is 826 g/mol. The lowest BCUT2D eigenvalue weighted by Crippen LogP contribution is -2.35. The van der Waals surface area contributed by atoms with Gasteiger partial charge in [0.2, 0.25) is 0 Å². The van der Waals surface area contributed by atoms with Crippen LogP contribution in [0.15, 0.2) is 53.6 Å². The molecule has 54 heavy (non-hydrogen) atoms. The molecule has 2 aromatic carbocycles. The SMILES string of the molecule is CCCCC(CC)(Oc1ccc(/C=N/N(C)[PH](=S)C(C)(CC)Oc2ccc(CCN(CP(=O)(OC)OC)CP(=O)(OC)OC)cc2)cc1)P(N)P(N)PN. The van der Waals surface area contributed by atoms with Gasteiger partial charge >= 0.3 is 15.2 Å². The Balaban J connectivity index is 2.12. The molecule has 14 nitrogen and oxygen atoms in total. The van der Waals surface area contributed by atoms with Crippen LogP contribution in [0.4, 0.5) is 0 Å². The molecule has 0 aliphatic carbocycles. The second kappa shape index (κ2) is 23.9. The average molecular weight is 889 g/mol. The highest BCUT2D eigenvalue weighted by Gasteiger charge is 2.40. The van der Waals surface area contributed by atoms with Crippen LogP contribution in [0.25, 0.3) is 0 Å². The normalized spacial score (nSPS) is 16.7. The monoisotopic (exact) mass is 888 g/mol. The summed E-state index contributed by atoms with van der Waals surface area (Å²) < 4.78 is 61.2. The van der Waals surface area contributed by atoms with Gasteiger partial charge in [-0.2, -0.15) is 5.10 Å². The number of rotatable bonds is 27. The third-order valence-corrected chi connectivity index (χ3v) is 25.4. The van der Waals surface area contributed by atoms with E-state index in [1.165, 1.54) is 28.4 Å². The van der Waals surface area contributed by atoms with Crippen LogP contribution in [-0.2, 0) is 45.5 Å². The van der Waals surface area contributed by atoms with E-state index in [1.807, 2.05) is 67.3 Å². The summed E-state index contributed by atoms with van der Waals surface area (Å²) in [4.78, 5) is 1.70. The molecule has 0 fully saturated rings. The summed E-state index contributed by atoms with van der Waals surface area (Å²) in [7, 11) is -1.62. The lowest BCUT2D eigenvalue weighted by molar-refractivity contribution is 0.142. The maximum Gasteiger partial charge on any atom is 0.344 e. The molecule has 0 saturated carbocycles. The molecule has 6 unspecified atom stereocenters. The fraction of sp³-hybridized carbons (Fsp3) is 0.606. The summed E-state index contributed by atoms with van der Waals surface area (Å²) in [5.41, 5.74) is 20.9. The van der Waals surface area contributed by atoms with Gasteiger partial charge in [-0.15, -0.1) is 0 Å². The van der Waals surface area contributed by atoms with Gasteiger partial charge in [-0.05, 0) is 95.0 Å². The molecule has 2 aromatic rings. The highest BCUT2D eigenvalue weighted by molar-refractivity contribution is 8.55. The molecule has 0 aliphatic rings. The summed E-state index contributed by atoms with van der Waals surface area (Å²) in [6.45, 7) is 7.01. The molecule has 2 rings (SSSR count). The molecule has 0 saturated heterocycles. The number of hydrogen-bond acceptors (Lipinski definition) is 14. The summed E-state index contributed by atoms with van der Waals surface area (Å²) >= 11 is 6.06. The Morgan fingerprint density at radius 1 is 0.889 bits per heavy atom. The van der Waals surface area contributed by atoms with Crippen LogP contribution in [0.1, 0.15) is 70.9 Å². The Morgan fingerprint density at radius 2 is 1.41 bits per heavy atom. The minimum Gasteiger partial charge on any atom is -0.481 e. The van der Waals surface area contributed by atoms with E-state index in [-0.39, 0.29) is 21.0 Å². The second-order valence-corrected chi connectivity index (χ2v) is 29.0. The van der Waals surface area contributed by atoms with Gasteiger partial charge in [-0.25, -0.2) is 0 Å². The molecule has 6 atom stereocenters. The molecule has 0 radical (unpaired) electrons. The Morgan fingerprint density at radius 3 is 1.87 bits per heavy atom. The first-order chi connectivity index (χ1) is 25.5. The van der Waals surface area contributed by atoms with Gasteiger partial charge in [0.25, 0.3) is 0 Å². The van der Waals surface area contributed by atoms with Crippen LogP contribution in [-0.4, -0.2) is 81.2 Å². The van der Waals surface area contributed by atoms with Crippen LogP contribution < -0.4 is 26.0 Å². The number of nitrogens with two attached hydrogens (primary N) is 3. The van der Waals surface area contributed by atoms with Gasteiger partial charge in [0.15, 0.2) is 0 Å². The van der Waals surface area contributed by atoms with Crippen LogP contribution in [0.3, 0.4) is 0 Å². The van der Waals surface area contributed by atoms with E-state index in [0.717, 1.165) is 42.6 Å². The zero-order chi connectivity index (χ0) is 40.6. The maximum absolute atomic E-state index is 12.9. The number of unbranched alkanes of at least 4 members (excludes halogenated alkanes) is 1. The van der Waals surface area contributed by atoms with Gasteiger partial charge in [0.1, 0.15) is 34.8 Å². The Hall–Kier alpha value is -0.410. The predicted molar refractivity (Wildman–Crippen MR) is 235 cm³/mol. The van der Waals surface area contributed by atoms with Gasteiger partial charge in [-0.1, -0.05) is 51.1 Å². The van der Waals surface area contributed by atoms with Crippen molar-refractivity contribution in [2.75, 3.05) is 54.6 Å². The van der Waals surface area contributed by atoms with Crippen molar-refractivity contribution in [3.05, 3.63) is 59.7 Å². The van der Waals surface area contributed by atoms with Crippen LogP contribution in [0.2, 0.25) is 0 Å². The molecule has 0 amide bonds. The molecule has 6 N–H and O–H groups in total. The predicted octanol–water partition coefficient (Wildman–Crippen LogP) is 9.25. The van der Waals surface area contributed by atoms with Crippen LogP contribution >= 0.6 is 45.7 Å². The van der Waals surface area contributed by atoms with Crippen molar-refractivity contribution in [1.82, 2.24) is 9.68 Å². The van der Waals surface area contributed by atoms with Crippen molar-refractivity contribution in [3.8, 4) is 11.5 Å². The third-order valence-electron chi connectivity index (χ3n) is 9.09. The third kappa shape index (κ3) is 14.8. The van der Waals surface area contributed by atoms with E-state index in [9.17, 15) is 9.13 Å². The molecule has 0 aliphatic heterocycles. The maximum atomic E-state index is 12.9. The Kier molecular flexibility index (Phi) is 22.0. The fourth-order valence-electron chi connectivity index (χ4n) is 5.32. The molecular formula is C33H62N6O8P6S. The van der Waals surface area contributed by atoms with Gasteiger partial charge in [0, 0.05) is 49.5 Å². The standard InChI is InChI=1S/C33H62N6O8P6S/c1-10-13-23-33(12-3,49(35)51(36)48-34)47-31-20-16-29(17-21-31)25-37-38(5)50(54)32(4,11-2)46-30-18-14-28(15-19-30)22-24-39(26-52(40,42-6)43-7)27-53(41,44-8)45-9/h14-21,25,48,50H,10-13,22-24,26-27,34-36H2,1-9H3/b37-25+. The topological polar surface area (TPSA) is 186 Å². The van der Waals surface area contributed by atoms with E-state index in [2.05, 4.69) is 20.8 Å². The van der Waals surface area contributed by atoms with Crippen molar-refractivity contribution in [2.24, 2.45) is 21.6 Å². The van der Waals surface area contributed by atoms with E-state index in [1.54, 1.807) is 11.1 Å². The first-order valence-corrected chi connectivity index (χ1v) is 29.1. The minimum atomic E-state index is -3.42. The van der Waals surface area contributed by atoms with Crippen molar-refractivity contribution < 1.29 is 36.7 Å². The van der Waals surface area contributed by atoms with Crippen LogP contribution in [0.5, 0.6) is 11.5 Å². The first kappa shape index (κ1) is 49.7. The van der Waals surface area contributed by atoms with Gasteiger partial charge in [0.05, 0.1) is 20.8 Å². The number of hydrazone groups is 1. The molecule has 0 spiro atoms. The van der Waals surface area contributed by atoms with Crippen molar-refractivity contribution in [3.63, 3.8) is 0 Å². The van der Waals surface area contributed by atoms with Crippen molar-refractivity contribution >= 4 is 63.7 Å². The number of hydrogen-bond donors (Lipinski definition) is 3. The zero-order valence-electron chi connectivity index (χ0n) is 33.1. The highest BCUT2D eigenvalue weighted by atomic mass is 32.5. The largest absolute Gasteiger partial charge is 0.481 e. The second-order valence-electron chi connectivity index (χ2n) is 12.7.